The summed E-state index contributed by atoms with van der Waals surface area (Å²) in [6.45, 7) is 0.666. The number of carboxylic acids is 1. The molecule has 32 heavy (non-hydrogen) atoms. The van der Waals surface area contributed by atoms with Crippen molar-refractivity contribution in [3.63, 3.8) is 0 Å². The summed E-state index contributed by atoms with van der Waals surface area (Å²) >= 11 is 0. The molecular weight excluding hydrogens is 402 g/mol. The first-order chi connectivity index (χ1) is 15.5. The first kappa shape index (κ1) is 20.6. The Morgan fingerprint density at radius 1 is 0.969 bits per heavy atom. The molecule has 0 radical (unpaired) electrons. The maximum atomic E-state index is 12.7. The van der Waals surface area contributed by atoms with Crippen molar-refractivity contribution >= 4 is 34.5 Å². The molecule has 0 fully saturated rings. The Labute approximate surface area is 184 Å². The van der Waals surface area contributed by atoms with Crippen molar-refractivity contribution in [2.45, 2.75) is 6.54 Å². The van der Waals surface area contributed by atoms with Crippen LogP contribution in [-0.4, -0.2) is 21.6 Å². The van der Waals surface area contributed by atoms with Crippen molar-refractivity contribution in [3.8, 4) is 6.07 Å². The van der Waals surface area contributed by atoms with E-state index in [2.05, 4.69) is 9.88 Å². The van der Waals surface area contributed by atoms with Crippen LogP contribution in [0.5, 0.6) is 0 Å². The molecule has 4 rings (SSSR count). The fraction of sp³-hybridized carbons (Fsp3) is 0.0385. The number of hydrogen-bond acceptors (Lipinski definition) is 3. The van der Waals surface area contributed by atoms with Crippen LogP contribution < -0.4 is 5.32 Å². The van der Waals surface area contributed by atoms with Crippen molar-refractivity contribution in [1.82, 2.24) is 4.57 Å². The standard InChI is InChI=1S/C26H19N3O3/c27-15-20(25(30)28-22-12-10-19(11-13-22)26(31)32)14-21-17-29(16-18-6-2-1-3-7-18)24-9-5-4-8-23(21)24/h1-14,17H,16H2,(H,28,30)(H,31,32)/b20-14+. The number of para-hydroxylation sites is 1. The third-order valence-electron chi connectivity index (χ3n) is 5.07. The number of nitrogens with one attached hydrogen (secondary N) is 1. The van der Waals surface area contributed by atoms with Crippen molar-refractivity contribution in [3.05, 3.63) is 107 Å². The normalized spacial score (nSPS) is 11.2. The highest BCUT2D eigenvalue weighted by Crippen LogP contribution is 2.25. The number of carbonyl (C=O) groups is 2. The maximum Gasteiger partial charge on any atom is 0.335 e. The van der Waals surface area contributed by atoms with Gasteiger partial charge in [-0.05, 0) is 42.0 Å². The molecule has 0 bridgehead atoms. The van der Waals surface area contributed by atoms with Crippen LogP contribution in [0.3, 0.4) is 0 Å². The first-order valence-electron chi connectivity index (χ1n) is 9.93. The van der Waals surface area contributed by atoms with Gasteiger partial charge in [0.1, 0.15) is 11.6 Å². The summed E-state index contributed by atoms with van der Waals surface area (Å²) in [4.78, 5) is 23.7. The zero-order chi connectivity index (χ0) is 22.5. The lowest BCUT2D eigenvalue weighted by atomic mass is 10.1. The number of amides is 1. The second kappa shape index (κ2) is 9.02. The zero-order valence-corrected chi connectivity index (χ0v) is 17.0. The number of benzene rings is 3. The van der Waals surface area contributed by atoms with E-state index >= 15 is 0 Å². The third-order valence-corrected chi connectivity index (χ3v) is 5.07. The Morgan fingerprint density at radius 3 is 2.34 bits per heavy atom. The smallest absolute Gasteiger partial charge is 0.335 e. The van der Waals surface area contributed by atoms with E-state index in [1.807, 2.05) is 66.9 Å². The Morgan fingerprint density at radius 2 is 1.66 bits per heavy atom. The molecule has 3 aromatic carbocycles. The van der Waals surface area contributed by atoms with Crippen LogP contribution in [0.4, 0.5) is 5.69 Å². The Hall–Kier alpha value is -4.63. The van der Waals surface area contributed by atoms with Gasteiger partial charge in [-0.25, -0.2) is 4.79 Å². The molecule has 0 unspecified atom stereocenters. The van der Waals surface area contributed by atoms with Gasteiger partial charge in [0.05, 0.1) is 5.56 Å². The first-order valence-corrected chi connectivity index (χ1v) is 9.93. The molecule has 1 amide bonds. The number of carbonyl (C=O) groups excluding carboxylic acids is 1. The molecule has 6 heteroatoms. The number of hydrogen-bond donors (Lipinski definition) is 2. The molecule has 0 aliphatic carbocycles. The molecule has 1 aromatic heterocycles. The van der Waals surface area contributed by atoms with Crippen LogP contribution in [-0.2, 0) is 11.3 Å². The van der Waals surface area contributed by atoms with Crippen LogP contribution in [0.2, 0.25) is 0 Å². The van der Waals surface area contributed by atoms with Crippen LogP contribution in [0.25, 0.3) is 17.0 Å². The third kappa shape index (κ3) is 4.42. The molecule has 2 N–H and O–H groups in total. The lowest BCUT2D eigenvalue weighted by molar-refractivity contribution is -0.112. The van der Waals surface area contributed by atoms with Gasteiger partial charge in [-0.1, -0.05) is 48.5 Å². The van der Waals surface area contributed by atoms with Gasteiger partial charge in [0, 0.05) is 34.9 Å². The summed E-state index contributed by atoms with van der Waals surface area (Å²) in [6, 6.07) is 25.6. The molecule has 0 saturated carbocycles. The quantitative estimate of drug-likeness (QED) is 0.341. The largest absolute Gasteiger partial charge is 0.478 e. The van der Waals surface area contributed by atoms with E-state index < -0.39 is 11.9 Å². The highest BCUT2D eigenvalue weighted by atomic mass is 16.4. The Balaban J connectivity index is 1.63. The zero-order valence-electron chi connectivity index (χ0n) is 17.0. The van der Waals surface area contributed by atoms with E-state index in [1.165, 1.54) is 24.3 Å². The molecule has 1 heterocycles. The number of aromatic nitrogens is 1. The van der Waals surface area contributed by atoms with Crippen LogP contribution in [0, 0.1) is 11.3 Å². The van der Waals surface area contributed by atoms with E-state index in [0.29, 0.717) is 12.2 Å². The topological polar surface area (TPSA) is 95.1 Å². The van der Waals surface area contributed by atoms with Gasteiger partial charge >= 0.3 is 5.97 Å². The van der Waals surface area contributed by atoms with E-state index in [-0.39, 0.29) is 11.1 Å². The fourth-order valence-corrected chi connectivity index (χ4v) is 3.50. The monoisotopic (exact) mass is 421 g/mol. The summed E-state index contributed by atoms with van der Waals surface area (Å²) in [5, 5.41) is 22.2. The van der Waals surface area contributed by atoms with Crippen molar-refractivity contribution in [2.24, 2.45) is 0 Å². The summed E-state index contributed by atoms with van der Waals surface area (Å²) in [5.41, 5.74) is 3.40. The van der Waals surface area contributed by atoms with Gasteiger partial charge in [0.15, 0.2) is 0 Å². The van der Waals surface area contributed by atoms with E-state index in [4.69, 9.17) is 5.11 Å². The van der Waals surface area contributed by atoms with Crippen LogP contribution >= 0.6 is 0 Å². The summed E-state index contributed by atoms with van der Waals surface area (Å²) in [5.74, 6) is -1.61. The average molecular weight is 421 g/mol. The minimum absolute atomic E-state index is 0.0464. The van der Waals surface area contributed by atoms with E-state index in [0.717, 1.165) is 22.0 Å². The van der Waals surface area contributed by atoms with Gasteiger partial charge in [-0.15, -0.1) is 0 Å². The van der Waals surface area contributed by atoms with Gasteiger partial charge < -0.3 is 15.0 Å². The summed E-state index contributed by atoms with van der Waals surface area (Å²) in [7, 11) is 0. The van der Waals surface area contributed by atoms with Gasteiger partial charge in [0.25, 0.3) is 5.91 Å². The highest BCUT2D eigenvalue weighted by molar-refractivity contribution is 6.10. The molecule has 156 valence electrons. The lowest BCUT2D eigenvalue weighted by Crippen LogP contribution is -2.13. The number of carboxylic acid groups (broad SMARTS) is 1. The number of fused-ring (bicyclic) bond motifs is 1. The van der Waals surface area contributed by atoms with E-state index in [9.17, 15) is 14.9 Å². The number of nitriles is 1. The molecule has 0 spiro atoms. The molecule has 0 saturated heterocycles. The lowest BCUT2D eigenvalue weighted by Gasteiger charge is -2.05. The van der Waals surface area contributed by atoms with Crippen molar-refractivity contribution in [1.29, 1.82) is 5.26 Å². The minimum Gasteiger partial charge on any atom is -0.478 e. The Bertz CT molecular complexity index is 1360. The predicted octanol–water partition coefficient (Wildman–Crippen LogP) is 4.93. The van der Waals surface area contributed by atoms with Gasteiger partial charge in [0.2, 0.25) is 0 Å². The second-order valence-corrected chi connectivity index (χ2v) is 7.22. The minimum atomic E-state index is -1.05. The predicted molar refractivity (Wildman–Crippen MR) is 123 cm³/mol. The van der Waals surface area contributed by atoms with Crippen molar-refractivity contribution < 1.29 is 14.7 Å². The van der Waals surface area contributed by atoms with E-state index in [1.54, 1.807) is 6.08 Å². The molecule has 6 nitrogen and oxygen atoms in total. The summed E-state index contributed by atoms with van der Waals surface area (Å²) < 4.78 is 2.09. The maximum absolute atomic E-state index is 12.7. The number of anilines is 1. The average Bonchev–Trinajstić information content (AvgIpc) is 3.15. The number of aromatic carboxylic acids is 1. The molecular formula is C26H19N3O3. The molecule has 0 atom stereocenters. The molecule has 0 aliphatic rings. The molecule has 4 aromatic rings. The molecule has 0 aliphatic heterocycles. The van der Waals surface area contributed by atoms with Crippen LogP contribution in [0.15, 0.2) is 90.6 Å². The fourth-order valence-electron chi connectivity index (χ4n) is 3.50. The van der Waals surface area contributed by atoms with Gasteiger partial charge in [-0.2, -0.15) is 5.26 Å². The summed E-state index contributed by atoms with van der Waals surface area (Å²) in [6.07, 6.45) is 3.51. The Kier molecular flexibility index (Phi) is 5.82. The van der Waals surface area contributed by atoms with Gasteiger partial charge in [-0.3, -0.25) is 4.79 Å². The SMILES string of the molecule is N#C/C(=C\c1cn(Cc2ccccc2)c2ccccc12)C(=O)Nc1ccc(C(=O)O)cc1. The number of rotatable bonds is 6. The highest BCUT2D eigenvalue weighted by Gasteiger charge is 2.13. The second-order valence-electron chi connectivity index (χ2n) is 7.22. The van der Waals surface area contributed by atoms with Crippen LogP contribution in [0.1, 0.15) is 21.5 Å². The number of nitrogens with zero attached hydrogens (tertiary/aromatic N) is 2. The van der Waals surface area contributed by atoms with Crippen molar-refractivity contribution in [2.75, 3.05) is 5.32 Å².